The molecule has 2 rings (SSSR count). The lowest BCUT2D eigenvalue weighted by Gasteiger charge is -2.33. The van der Waals surface area contributed by atoms with Crippen LogP contribution in [0.4, 0.5) is 0 Å². The summed E-state index contributed by atoms with van der Waals surface area (Å²) in [5.74, 6) is -0.932. The molecule has 0 bridgehead atoms. The van der Waals surface area contributed by atoms with E-state index in [-0.39, 0.29) is 29.2 Å². The summed E-state index contributed by atoms with van der Waals surface area (Å²) in [7, 11) is 0. The van der Waals surface area contributed by atoms with Gasteiger partial charge in [0, 0.05) is 11.1 Å². The zero-order valence-electron chi connectivity index (χ0n) is 16.1. The zero-order valence-corrected chi connectivity index (χ0v) is 16.1. The number of benzene rings is 1. The number of H-pyrrole nitrogens is 1. The van der Waals surface area contributed by atoms with E-state index in [1.54, 1.807) is 6.07 Å². The van der Waals surface area contributed by atoms with E-state index >= 15 is 0 Å². The van der Waals surface area contributed by atoms with E-state index in [9.17, 15) is 9.59 Å². The summed E-state index contributed by atoms with van der Waals surface area (Å²) in [6, 6.07) is 11.1. The van der Waals surface area contributed by atoms with Gasteiger partial charge in [0.25, 0.3) is 5.91 Å². The normalized spacial score (nSPS) is 11.9. The zero-order chi connectivity index (χ0) is 19.4. The van der Waals surface area contributed by atoms with E-state index in [0.717, 1.165) is 12.0 Å². The topological polar surface area (TPSA) is 84.1 Å². The SMILES string of the molecule is CC(C)(C)CC(C)(C)NC(=O)COC(=O)c1cc(-c2ccccc2)n[nH]1. The van der Waals surface area contributed by atoms with Crippen molar-refractivity contribution in [2.24, 2.45) is 5.41 Å². The van der Waals surface area contributed by atoms with Gasteiger partial charge >= 0.3 is 5.97 Å². The van der Waals surface area contributed by atoms with Crippen LogP contribution in [0.5, 0.6) is 0 Å². The maximum atomic E-state index is 12.1. The molecule has 0 aliphatic rings. The molecule has 140 valence electrons. The molecule has 0 fully saturated rings. The van der Waals surface area contributed by atoms with Crippen LogP contribution in [0.3, 0.4) is 0 Å². The van der Waals surface area contributed by atoms with Crippen LogP contribution in [0.2, 0.25) is 0 Å². The number of aromatic nitrogens is 2. The summed E-state index contributed by atoms with van der Waals surface area (Å²) in [5.41, 5.74) is 1.45. The molecule has 1 heterocycles. The van der Waals surface area contributed by atoms with Gasteiger partial charge in [0.05, 0.1) is 5.69 Å². The van der Waals surface area contributed by atoms with E-state index in [2.05, 4.69) is 36.3 Å². The number of hydrogen-bond acceptors (Lipinski definition) is 4. The molecule has 6 nitrogen and oxygen atoms in total. The Morgan fingerprint density at radius 1 is 1.12 bits per heavy atom. The lowest BCUT2D eigenvalue weighted by Crippen LogP contribution is -2.47. The number of esters is 1. The van der Waals surface area contributed by atoms with E-state index in [0.29, 0.717) is 5.69 Å². The Morgan fingerprint density at radius 3 is 2.38 bits per heavy atom. The van der Waals surface area contributed by atoms with Gasteiger partial charge in [-0.15, -0.1) is 0 Å². The summed E-state index contributed by atoms with van der Waals surface area (Å²) in [4.78, 5) is 24.2. The molecule has 1 aromatic carbocycles. The molecule has 0 saturated heterocycles. The number of carbonyl (C=O) groups is 2. The second-order valence-corrected chi connectivity index (χ2v) is 8.28. The Balaban J connectivity index is 1.89. The Morgan fingerprint density at radius 2 is 1.77 bits per heavy atom. The summed E-state index contributed by atoms with van der Waals surface area (Å²) in [6.07, 6.45) is 0.806. The van der Waals surface area contributed by atoms with Gasteiger partial charge in [-0.2, -0.15) is 5.10 Å². The van der Waals surface area contributed by atoms with Crippen LogP contribution in [0.1, 0.15) is 51.5 Å². The van der Waals surface area contributed by atoms with Crippen LogP contribution in [-0.4, -0.2) is 34.2 Å². The molecule has 2 aromatic rings. The molecule has 0 spiro atoms. The minimum absolute atomic E-state index is 0.0806. The number of aromatic amines is 1. The first-order valence-corrected chi connectivity index (χ1v) is 8.65. The van der Waals surface area contributed by atoms with Crippen LogP contribution < -0.4 is 5.32 Å². The largest absolute Gasteiger partial charge is 0.451 e. The molecule has 2 N–H and O–H groups in total. The molecule has 0 aliphatic heterocycles. The van der Waals surface area contributed by atoms with Crippen molar-refractivity contribution in [1.29, 1.82) is 0 Å². The Hall–Kier alpha value is -2.63. The number of carbonyl (C=O) groups excluding carboxylic acids is 2. The number of ether oxygens (including phenoxy) is 1. The smallest absolute Gasteiger partial charge is 0.356 e. The summed E-state index contributed by atoms with van der Waals surface area (Å²) in [5, 5.41) is 9.67. The summed E-state index contributed by atoms with van der Waals surface area (Å²) in [6.45, 7) is 9.93. The van der Waals surface area contributed by atoms with Crippen LogP contribution in [0.15, 0.2) is 36.4 Å². The van der Waals surface area contributed by atoms with Crippen molar-refractivity contribution in [2.45, 2.75) is 46.6 Å². The molecule has 0 radical (unpaired) electrons. The first-order chi connectivity index (χ1) is 12.1. The minimum atomic E-state index is -0.608. The van der Waals surface area contributed by atoms with Crippen LogP contribution in [0.25, 0.3) is 11.3 Å². The monoisotopic (exact) mass is 357 g/mol. The lowest BCUT2D eigenvalue weighted by atomic mass is 9.82. The lowest BCUT2D eigenvalue weighted by molar-refractivity contribution is -0.126. The van der Waals surface area contributed by atoms with Crippen molar-refractivity contribution in [3.63, 3.8) is 0 Å². The van der Waals surface area contributed by atoms with Gasteiger partial charge in [-0.25, -0.2) is 4.79 Å². The Kier molecular flexibility index (Phi) is 5.85. The average molecular weight is 357 g/mol. The molecule has 0 saturated carbocycles. The molecule has 0 unspecified atom stereocenters. The maximum Gasteiger partial charge on any atom is 0.356 e. The van der Waals surface area contributed by atoms with Crippen LogP contribution >= 0.6 is 0 Å². The third kappa shape index (κ3) is 6.02. The molecule has 0 atom stereocenters. The maximum absolute atomic E-state index is 12.1. The standard InChI is InChI=1S/C20H27N3O3/c1-19(2,3)13-20(4,5)21-17(24)12-26-18(25)16-11-15(22-23-16)14-9-7-6-8-10-14/h6-11H,12-13H2,1-5H3,(H,21,24)(H,22,23). The highest BCUT2D eigenvalue weighted by atomic mass is 16.5. The number of hydrogen-bond donors (Lipinski definition) is 2. The Bertz CT molecular complexity index is 758. The summed E-state index contributed by atoms with van der Waals surface area (Å²) < 4.78 is 5.09. The van der Waals surface area contributed by atoms with E-state index in [1.165, 1.54) is 0 Å². The van der Waals surface area contributed by atoms with E-state index in [4.69, 9.17) is 4.74 Å². The number of amides is 1. The third-order valence-electron chi connectivity index (χ3n) is 3.65. The first kappa shape index (κ1) is 19.7. The van der Waals surface area contributed by atoms with Crippen molar-refractivity contribution >= 4 is 11.9 Å². The Labute approximate surface area is 154 Å². The second kappa shape index (κ2) is 7.72. The number of rotatable bonds is 6. The molecule has 6 heteroatoms. The molecule has 1 aromatic heterocycles. The third-order valence-corrected chi connectivity index (χ3v) is 3.65. The van der Waals surface area contributed by atoms with Gasteiger partial charge in [0.2, 0.25) is 0 Å². The highest BCUT2D eigenvalue weighted by Gasteiger charge is 2.27. The van der Waals surface area contributed by atoms with Crippen LogP contribution in [-0.2, 0) is 9.53 Å². The van der Waals surface area contributed by atoms with Crippen molar-refractivity contribution in [3.8, 4) is 11.3 Å². The molecular formula is C20H27N3O3. The molecule has 26 heavy (non-hydrogen) atoms. The fraction of sp³-hybridized carbons (Fsp3) is 0.450. The highest BCUT2D eigenvalue weighted by molar-refractivity contribution is 5.90. The highest BCUT2D eigenvalue weighted by Crippen LogP contribution is 2.26. The van der Waals surface area contributed by atoms with Gasteiger partial charge in [0.1, 0.15) is 5.69 Å². The summed E-state index contributed by atoms with van der Waals surface area (Å²) >= 11 is 0. The minimum Gasteiger partial charge on any atom is -0.451 e. The fourth-order valence-corrected chi connectivity index (χ4v) is 3.18. The van der Waals surface area contributed by atoms with E-state index in [1.807, 2.05) is 44.2 Å². The molecule has 0 aliphatic carbocycles. The van der Waals surface area contributed by atoms with Crippen molar-refractivity contribution in [3.05, 3.63) is 42.1 Å². The van der Waals surface area contributed by atoms with Gasteiger partial charge in [-0.1, -0.05) is 51.1 Å². The average Bonchev–Trinajstić information content (AvgIpc) is 3.00. The first-order valence-electron chi connectivity index (χ1n) is 8.65. The number of nitrogens with one attached hydrogen (secondary N) is 2. The predicted octanol–water partition coefficient (Wildman–Crippen LogP) is 3.56. The second-order valence-electron chi connectivity index (χ2n) is 8.28. The predicted molar refractivity (Wildman–Crippen MR) is 101 cm³/mol. The van der Waals surface area contributed by atoms with Crippen molar-refractivity contribution < 1.29 is 14.3 Å². The van der Waals surface area contributed by atoms with Gasteiger partial charge in [-0.3, -0.25) is 9.89 Å². The van der Waals surface area contributed by atoms with Gasteiger partial charge < -0.3 is 10.1 Å². The van der Waals surface area contributed by atoms with E-state index < -0.39 is 5.97 Å². The molecule has 1 amide bonds. The van der Waals surface area contributed by atoms with Crippen LogP contribution in [0, 0.1) is 5.41 Å². The molecular weight excluding hydrogens is 330 g/mol. The van der Waals surface area contributed by atoms with Gasteiger partial charge in [-0.05, 0) is 31.7 Å². The fourth-order valence-electron chi connectivity index (χ4n) is 3.18. The van der Waals surface area contributed by atoms with Crippen molar-refractivity contribution in [1.82, 2.24) is 15.5 Å². The van der Waals surface area contributed by atoms with Gasteiger partial charge in [0.15, 0.2) is 6.61 Å². The van der Waals surface area contributed by atoms with Crippen molar-refractivity contribution in [2.75, 3.05) is 6.61 Å². The quantitative estimate of drug-likeness (QED) is 0.774. The number of nitrogens with zero attached hydrogens (tertiary/aromatic N) is 1.